The summed E-state index contributed by atoms with van der Waals surface area (Å²) in [5.41, 5.74) is 6.38. The van der Waals surface area contributed by atoms with Gasteiger partial charge < -0.3 is 11.1 Å². The maximum atomic E-state index is 13.5. The van der Waals surface area contributed by atoms with E-state index < -0.39 is 5.82 Å². The zero-order chi connectivity index (χ0) is 13.1. The minimum atomic E-state index is -0.455. The first-order chi connectivity index (χ1) is 8.54. The lowest BCUT2D eigenvalue weighted by Crippen LogP contribution is -2.19. The number of nitrogens with one attached hydrogen (secondary N) is 1. The van der Waals surface area contributed by atoms with E-state index in [1.807, 2.05) is 0 Å². The zero-order valence-corrected chi connectivity index (χ0v) is 9.85. The molecule has 0 fully saturated rings. The molecule has 0 saturated heterocycles. The van der Waals surface area contributed by atoms with Gasteiger partial charge in [0, 0.05) is 6.20 Å². The highest BCUT2D eigenvalue weighted by atomic mass is 19.1. The Hall–Kier alpha value is -2.37. The van der Waals surface area contributed by atoms with Gasteiger partial charge in [-0.05, 0) is 30.7 Å². The van der Waals surface area contributed by atoms with Crippen molar-refractivity contribution >= 4 is 17.4 Å². The molecule has 1 heterocycles. The van der Waals surface area contributed by atoms with E-state index in [0.717, 1.165) is 5.56 Å². The predicted molar refractivity (Wildman–Crippen MR) is 66.4 cm³/mol. The van der Waals surface area contributed by atoms with E-state index in [-0.39, 0.29) is 18.1 Å². The number of aromatic nitrogens is 2. The standard InChI is InChI=1S/C12H13FN4O/c1-8-2-3-10(9(13)6-8)15-12(18)7-17-5-4-11(14)16-17/h2-6H,7H2,1H3,(H2,14,16)(H,15,18). The number of carbonyl (C=O) groups excluding carboxylic acids is 1. The minimum absolute atomic E-state index is 0.00941. The SMILES string of the molecule is Cc1ccc(NC(=O)Cn2ccc(N)n2)c(F)c1. The highest BCUT2D eigenvalue weighted by molar-refractivity contribution is 5.90. The Balaban J connectivity index is 2.03. The van der Waals surface area contributed by atoms with Gasteiger partial charge in [0.05, 0.1) is 5.69 Å². The zero-order valence-electron chi connectivity index (χ0n) is 9.85. The summed E-state index contributed by atoms with van der Waals surface area (Å²) in [4.78, 5) is 11.6. The molecule has 3 N–H and O–H groups in total. The van der Waals surface area contributed by atoms with Gasteiger partial charge >= 0.3 is 0 Å². The van der Waals surface area contributed by atoms with Crippen LogP contribution in [0.4, 0.5) is 15.9 Å². The molecule has 6 heteroatoms. The maximum absolute atomic E-state index is 13.5. The van der Waals surface area contributed by atoms with E-state index in [9.17, 15) is 9.18 Å². The van der Waals surface area contributed by atoms with Gasteiger partial charge in [0.2, 0.25) is 5.91 Å². The van der Waals surface area contributed by atoms with Crippen molar-refractivity contribution in [3.8, 4) is 0 Å². The quantitative estimate of drug-likeness (QED) is 0.865. The minimum Gasteiger partial charge on any atom is -0.382 e. The molecule has 1 amide bonds. The number of rotatable bonds is 3. The summed E-state index contributed by atoms with van der Waals surface area (Å²) in [6.07, 6.45) is 1.58. The molecule has 0 spiro atoms. The van der Waals surface area contributed by atoms with Gasteiger partial charge in [0.1, 0.15) is 18.2 Å². The molecule has 0 aliphatic rings. The lowest BCUT2D eigenvalue weighted by molar-refractivity contribution is -0.116. The predicted octanol–water partition coefficient (Wildman–Crippen LogP) is 1.55. The number of carbonyl (C=O) groups is 1. The molecule has 0 bridgehead atoms. The highest BCUT2D eigenvalue weighted by Crippen LogP contribution is 2.15. The van der Waals surface area contributed by atoms with E-state index >= 15 is 0 Å². The number of nitrogens with zero attached hydrogens (tertiary/aromatic N) is 2. The Kier molecular flexibility index (Phi) is 3.27. The van der Waals surface area contributed by atoms with Crippen LogP contribution >= 0.6 is 0 Å². The third kappa shape index (κ3) is 2.85. The van der Waals surface area contributed by atoms with E-state index in [2.05, 4.69) is 10.4 Å². The van der Waals surface area contributed by atoms with Gasteiger partial charge in [-0.15, -0.1) is 0 Å². The van der Waals surface area contributed by atoms with Crippen LogP contribution in [0.15, 0.2) is 30.5 Å². The summed E-state index contributed by atoms with van der Waals surface area (Å²) in [6.45, 7) is 1.77. The van der Waals surface area contributed by atoms with E-state index in [0.29, 0.717) is 5.82 Å². The van der Waals surface area contributed by atoms with Crippen molar-refractivity contribution in [2.75, 3.05) is 11.1 Å². The van der Waals surface area contributed by atoms with Crippen molar-refractivity contribution in [1.29, 1.82) is 0 Å². The van der Waals surface area contributed by atoms with E-state index in [1.165, 1.54) is 16.8 Å². The average molecular weight is 248 g/mol. The normalized spacial score (nSPS) is 10.3. The molecule has 2 rings (SSSR count). The Morgan fingerprint density at radius 3 is 2.89 bits per heavy atom. The van der Waals surface area contributed by atoms with Gasteiger partial charge in [0.15, 0.2) is 0 Å². The Morgan fingerprint density at radius 1 is 1.50 bits per heavy atom. The summed E-state index contributed by atoms with van der Waals surface area (Å²) in [5, 5.41) is 6.35. The van der Waals surface area contributed by atoms with Gasteiger partial charge in [-0.1, -0.05) is 6.07 Å². The fraction of sp³-hybridized carbons (Fsp3) is 0.167. The molecule has 0 saturated carbocycles. The molecule has 2 aromatic rings. The number of nitrogens with two attached hydrogens (primary N) is 1. The van der Waals surface area contributed by atoms with Gasteiger partial charge in [-0.3, -0.25) is 9.48 Å². The molecule has 18 heavy (non-hydrogen) atoms. The topological polar surface area (TPSA) is 72.9 Å². The van der Waals surface area contributed by atoms with Crippen molar-refractivity contribution < 1.29 is 9.18 Å². The number of aryl methyl sites for hydroxylation is 1. The Labute approximate surface area is 103 Å². The van der Waals surface area contributed by atoms with Crippen LogP contribution < -0.4 is 11.1 Å². The number of hydrogen-bond donors (Lipinski definition) is 2. The molecule has 1 aromatic carbocycles. The molecule has 1 aromatic heterocycles. The van der Waals surface area contributed by atoms with E-state index in [4.69, 9.17) is 5.73 Å². The number of halogens is 1. The molecule has 0 unspecified atom stereocenters. The van der Waals surface area contributed by atoms with Crippen LogP contribution in [0.5, 0.6) is 0 Å². The summed E-state index contributed by atoms with van der Waals surface area (Å²) in [7, 11) is 0. The number of hydrogen-bond acceptors (Lipinski definition) is 3. The smallest absolute Gasteiger partial charge is 0.246 e. The lowest BCUT2D eigenvalue weighted by Gasteiger charge is -2.07. The number of anilines is 2. The van der Waals surface area contributed by atoms with Crippen LogP contribution in [0.1, 0.15) is 5.56 Å². The number of benzene rings is 1. The van der Waals surface area contributed by atoms with Crippen molar-refractivity contribution in [2.24, 2.45) is 0 Å². The molecular weight excluding hydrogens is 235 g/mol. The second-order valence-electron chi connectivity index (χ2n) is 3.97. The lowest BCUT2D eigenvalue weighted by atomic mass is 10.2. The fourth-order valence-electron chi connectivity index (χ4n) is 1.52. The summed E-state index contributed by atoms with van der Waals surface area (Å²) in [5.74, 6) is -0.478. The second-order valence-corrected chi connectivity index (χ2v) is 3.97. The van der Waals surface area contributed by atoms with Crippen molar-refractivity contribution in [2.45, 2.75) is 13.5 Å². The van der Waals surface area contributed by atoms with Gasteiger partial charge in [-0.25, -0.2) is 4.39 Å². The van der Waals surface area contributed by atoms with Crippen LogP contribution in [0, 0.1) is 12.7 Å². The largest absolute Gasteiger partial charge is 0.382 e. The van der Waals surface area contributed by atoms with Crippen molar-refractivity contribution in [1.82, 2.24) is 9.78 Å². The Morgan fingerprint density at radius 2 is 2.28 bits per heavy atom. The number of amides is 1. The first-order valence-electron chi connectivity index (χ1n) is 5.39. The highest BCUT2D eigenvalue weighted by Gasteiger charge is 2.08. The van der Waals surface area contributed by atoms with Crippen LogP contribution in [0.25, 0.3) is 0 Å². The van der Waals surface area contributed by atoms with Crippen LogP contribution in [0.2, 0.25) is 0 Å². The van der Waals surface area contributed by atoms with Crippen molar-refractivity contribution in [3.63, 3.8) is 0 Å². The van der Waals surface area contributed by atoms with Gasteiger partial charge in [-0.2, -0.15) is 5.10 Å². The molecule has 94 valence electrons. The Bertz CT molecular complexity index is 579. The third-order valence-electron chi connectivity index (χ3n) is 2.37. The van der Waals surface area contributed by atoms with Gasteiger partial charge in [0.25, 0.3) is 0 Å². The molecular formula is C12H13FN4O. The van der Waals surface area contributed by atoms with Crippen LogP contribution in [-0.4, -0.2) is 15.7 Å². The average Bonchev–Trinajstić information content (AvgIpc) is 2.68. The van der Waals surface area contributed by atoms with E-state index in [1.54, 1.807) is 25.3 Å². The van der Waals surface area contributed by atoms with Crippen LogP contribution in [0.3, 0.4) is 0 Å². The first kappa shape index (κ1) is 12.1. The molecule has 0 radical (unpaired) electrons. The summed E-state index contributed by atoms with van der Waals surface area (Å²) < 4.78 is 14.9. The molecule has 0 atom stereocenters. The number of nitrogen functional groups attached to an aromatic ring is 1. The summed E-state index contributed by atoms with van der Waals surface area (Å²) >= 11 is 0. The monoisotopic (exact) mass is 248 g/mol. The fourth-order valence-corrected chi connectivity index (χ4v) is 1.52. The second kappa shape index (κ2) is 4.87. The first-order valence-corrected chi connectivity index (χ1v) is 5.39. The maximum Gasteiger partial charge on any atom is 0.246 e. The third-order valence-corrected chi connectivity index (χ3v) is 2.37. The molecule has 0 aliphatic heterocycles. The van der Waals surface area contributed by atoms with Crippen molar-refractivity contribution in [3.05, 3.63) is 41.8 Å². The van der Waals surface area contributed by atoms with Crippen LogP contribution in [-0.2, 0) is 11.3 Å². The molecule has 0 aliphatic carbocycles. The summed E-state index contributed by atoms with van der Waals surface area (Å²) in [6, 6.07) is 6.20. The molecule has 5 nitrogen and oxygen atoms in total.